The van der Waals surface area contributed by atoms with Crippen molar-refractivity contribution < 1.29 is 9.53 Å². The van der Waals surface area contributed by atoms with Gasteiger partial charge in [-0.2, -0.15) is 0 Å². The molecule has 2 saturated heterocycles. The molecule has 0 radical (unpaired) electrons. The fourth-order valence-corrected chi connectivity index (χ4v) is 1.75. The van der Waals surface area contributed by atoms with Crippen molar-refractivity contribution in [1.82, 2.24) is 4.90 Å². The Morgan fingerprint density at radius 3 is 2.46 bits per heavy atom. The number of nitrogens with zero attached hydrogens (tertiary/aromatic N) is 1. The third-order valence-electron chi connectivity index (χ3n) is 3.14. The molecule has 0 N–H and O–H groups in total. The monoisotopic (exact) mass is 183 g/mol. The Kier molecular flexibility index (Phi) is 2.28. The van der Waals surface area contributed by atoms with Crippen LogP contribution in [0.1, 0.15) is 20.3 Å². The summed E-state index contributed by atoms with van der Waals surface area (Å²) in [6.45, 7) is 7.07. The van der Waals surface area contributed by atoms with E-state index in [1.54, 1.807) is 0 Å². The number of hydrogen-bond acceptors (Lipinski definition) is 2. The maximum atomic E-state index is 11.6. The van der Waals surface area contributed by atoms with Gasteiger partial charge in [-0.1, -0.05) is 13.8 Å². The van der Waals surface area contributed by atoms with Crippen molar-refractivity contribution in [2.75, 3.05) is 19.7 Å². The first-order valence-electron chi connectivity index (χ1n) is 5.09. The van der Waals surface area contributed by atoms with Crippen LogP contribution in [0.15, 0.2) is 0 Å². The Hall–Kier alpha value is -0.570. The van der Waals surface area contributed by atoms with Crippen molar-refractivity contribution >= 4 is 5.91 Å². The van der Waals surface area contributed by atoms with E-state index in [4.69, 9.17) is 4.74 Å². The predicted molar refractivity (Wildman–Crippen MR) is 49.3 cm³/mol. The van der Waals surface area contributed by atoms with Crippen LogP contribution in [0, 0.1) is 11.8 Å². The summed E-state index contributed by atoms with van der Waals surface area (Å²) in [5.41, 5.74) is 0. The molecule has 0 aromatic carbocycles. The number of carbonyl (C=O) groups is 1. The van der Waals surface area contributed by atoms with E-state index in [-0.39, 0.29) is 12.0 Å². The highest BCUT2D eigenvalue weighted by Crippen LogP contribution is 2.26. The van der Waals surface area contributed by atoms with Crippen molar-refractivity contribution in [3.05, 3.63) is 0 Å². The summed E-state index contributed by atoms with van der Waals surface area (Å²) in [4.78, 5) is 13.5. The standard InChI is InChI=1S/C10H17NO2/c1-7(2)8-5-11(6-8)10(12)9-3-4-13-9/h7-9H,3-6H2,1-2H3/t9-/m1/s1. The minimum absolute atomic E-state index is 0.104. The second kappa shape index (κ2) is 3.29. The summed E-state index contributed by atoms with van der Waals surface area (Å²) >= 11 is 0. The first-order chi connectivity index (χ1) is 6.18. The van der Waals surface area contributed by atoms with Gasteiger partial charge >= 0.3 is 0 Å². The van der Waals surface area contributed by atoms with E-state index < -0.39 is 0 Å². The van der Waals surface area contributed by atoms with Crippen LogP contribution in [0.5, 0.6) is 0 Å². The fraction of sp³-hybridized carbons (Fsp3) is 0.900. The molecule has 2 rings (SSSR count). The van der Waals surface area contributed by atoms with Crippen LogP contribution < -0.4 is 0 Å². The number of carbonyl (C=O) groups excluding carboxylic acids is 1. The molecule has 13 heavy (non-hydrogen) atoms. The molecule has 0 aromatic rings. The molecule has 0 unspecified atom stereocenters. The van der Waals surface area contributed by atoms with E-state index in [0.717, 1.165) is 26.1 Å². The largest absolute Gasteiger partial charge is 0.368 e. The van der Waals surface area contributed by atoms with Gasteiger partial charge in [0, 0.05) is 19.5 Å². The number of likely N-dealkylation sites (tertiary alicyclic amines) is 1. The van der Waals surface area contributed by atoms with Gasteiger partial charge in [0.2, 0.25) is 0 Å². The minimum Gasteiger partial charge on any atom is -0.368 e. The minimum atomic E-state index is -0.104. The molecule has 0 bridgehead atoms. The van der Waals surface area contributed by atoms with E-state index in [1.807, 2.05) is 4.90 Å². The lowest BCUT2D eigenvalue weighted by Crippen LogP contribution is -2.57. The molecule has 1 atom stereocenters. The van der Waals surface area contributed by atoms with Gasteiger partial charge in [0.1, 0.15) is 6.10 Å². The highest BCUT2D eigenvalue weighted by molar-refractivity contribution is 5.82. The lowest BCUT2D eigenvalue weighted by atomic mass is 9.88. The van der Waals surface area contributed by atoms with Gasteiger partial charge in [0.15, 0.2) is 0 Å². The van der Waals surface area contributed by atoms with Crippen LogP contribution in [-0.2, 0) is 9.53 Å². The van der Waals surface area contributed by atoms with Gasteiger partial charge in [-0.15, -0.1) is 0 Å². The van der Waals surface area contributed by atoms with Crippen molar-refractivity contribution in [3.8, 4) is 0 Å². The maximum absolute atomic E-state index is 11.6. The zero-order valence-corrected chi connectivity index (χ0v) is 8.32. The Balaban J connectivity index is 1.76. The molecule has 0 saturated carbocycles. The third kappa shape index (κ3) is 1.57. The van der Waals surface area contributed by atoms with Gasteiger partial charge < -0.3 is 9.64 Å². The number of rotatable bonds is 2. The third-order valence-corrected chi connectivity index (χ3v) is 3.14. The summed E-state index contributed by atoms with van der Waals surface area (Å²) in [5.74, 6) is 1.62. The van der Waals surface area contributed by atoms with Gasteiger partial charge in [0.25, 0.3) is 5.91 Å². The van der Waals surface area contributed by atoms with Gasteiger partial charge in [-0.3, -0.25) is 4.79 Å². The Morgan fingerprint density at radius 2 is 2.08 bits per heavy atom. The van der Waals surface area contributed by atoms with Crippen LogP contribution in [0.2, 0.25) is 0 Å². The Bertz CT molecular complexity index is 205. The average molecular weight is 183 g/mol. The summed E-state index contributed by atoms with van der Waals surface area (Å²) < 4.78 is 5.15. The quantitative estimate of drug-likeness (QED) is 0.636. The molecule has 3 heteroatoms. The molecule has 0 aromatic heterocycles. The highest BCUT2D eigenvalue weighted by atomic mass is 16.5. The first kappa shape index (κ1) is 9.00. The molecule has 2 heterocycles. The van der Waals surface area contributed by atoms with E-state index in [0.29, 0.717) is 11.8 Å². The highest BCUT2D eigenvalue weighted by Gasteiger charge is 2.38. The van der Waals surface area contributed by atoms with Crippen LogP contribution in [0.4, 0.5) is 0 Å². The van der Waals surface area contributed by atoms with Crippen molar-refractivity contribution in [1.29, 1.82) is 0 Å². The molecule has 1 amide bonds. The van der Waals surface area contributed by atoms with E-state index in [9.17, 15) is 4.79 Å². The second-order valence-corrected chi connectivity index (χ2v) is 4.40. The predicted octanol–water partition coefficient (Wildman–Crippen LogP) is 0.890. The molecule has 2 aliphatic rings. The maximum Gasteiger partial charge on any atom is 0.251 e. The SMILES string of the molecule is CC(C)C1CN(C(=O)[C@H]2CCO2)C1. The van der Waals surface area contributed by atoms with Crippen molar-refractivity contribution in [3.63, 3.8) is 0 Å². The molecular formula is C10H17NO2. The molecule has 0 spiro atoms. The molecule has 3 nitrogen and oxygen atoms in total. The summed E-state index contributed by atoms with van der Waals surface area (Å²) in [6, 6.07) is 0. The van der Waals surface area contributed by atoms with Crippen LogP contribution in [0.3, 0.4) is 0 Å². The van der Waals surface area contributed by atoms with Crippen LogP contribution in [0.25, 0.3) is 0 Å². The van der Waals surface area contributed by atoms with Crippen molar-refractivity contribution in [2.24, 2.45) is 11.8 Å². The van der Waals surface area contributed by atoms with Gasteiger partial charge in [-0.05, 0) is 11.8 Å². The lowest BCUT2D eigenvalue weighted by molar-refractivity contribution is -0.163. The summed E-state index contributed by atoms with van der Waals surface area (Å²) in [6.07, 6.45) is 0.815. The van der Waals surface area contributed by atoms with Gasteiger partial charge in [-0.25, -0.2) is 0 Å². The first-order valence-corrected chi connectivity index (χ1v) is 5.09. The average Bonchev–Trinajstić information content (AvgIpc) is 1.76. The van der Waals surface area contributed by atoms with Crippen molar-refractivity contribution in [2.45, 2.75) is 26.4 Å². The number of amides is 1. The smallest absolute Gasteiger partial charge is 0.251 e. The zero-order valence-electron chi connectivity index (χ0n) is 8.32. The number of ether oxygens (including phenoxy) is 1. The van der Waals surface area contributed by atoms with Gasteiger partial charge in [0.05, 0.1) is 6.61 Å². The van der Waals surface area contributed by atoms with E-state index in [2.05, 4.69) is 13.8 Å². The normalized spacial score (nSPS) is 28.5. The molecule has 74 valence electrons. The molecular weight excluding hydrogens is 166 g/mol. The summed E-state index contributed by atoms with van der Waals surface area (Å²) in [7, 11) is 0. The number of hydrogen-bond donors (Lipinski definition) is 0. The fourth-order valence-electron chi connectivity index (χ4n) is 1.75. The van der Waals surface area contributed by atoms with E-state index in [1.165, 1.54) is 0 Å². The molecule has 0 aliphatic carbocycles. The topological polar surface area (TPSA) is 29.5 Å². The lowest BCUT2D eigenvalue weighted by Gasteiger charge is -2.44. The second-order valence-electron chi connectivity index (χ2n) is 4.40. The van der Waals surface area contributed by atoms with Crippen LogP contribution >= 0.6 is 0 Å². The Labute approximate surface area is 79.0 Å². The van der Waals surface area contributed by atoms with E-state index >= 15 is 0 Å². The summed E-state index contributed by atoms with van der Waals surface area (Å²) in [5, 5.41) is 0. The molecule has 2 aliphatic heterocycles. The Morgan fingerprint density at radius 1 is 1.46 bits per heavy atom. The zero-order chi connectivity index (χ0) is 9.42. The van der Waals surface area contributed by atoms with Crippen LogP contribution in [-0.4, -0.2) is 36.6 Å². The molecule has 2 fully saturated rings.